The van der Waals surface area contributed by atoms with Crippen LogP contribution in [0.25, 0.3) is 22.3 Å². The number of nitrogens with zero attached hydrogens (tertiary/aromatic N) is 5. The lowest BCUT2D eigenvalue weighted by Gasteiger charge is -2.27. The van der Waals surface area contributed by atoms with Crippen LogP contribution in [0.4, 0.5) is 11.4 Å². The fourth-order valence-electron chi connectivity index (χ4n) is 4.92. The lowest BCUT2D eigenvalue weighted by Crippen LogP contribution is -2.32. The van der Waals surface area contributed by atoms with E-state index in [1.807, 2.05) is 41.3 Å². The zero-order valence-electron chi connectivity index (χ0n) is 23.7. The third kappa shape index (κ3) is 7.21. The van der Waals surface area contributed by atoms with Crippen LogP contribution in [0.15, 0.2) is 55.0 Å². The number of hydrogen-bond acceptors (Lipinski definition) is 8. The van der Waals surface area contributed by atoms with Gasteiger partial charge in [0.2, 0.25) is 0 Å². The van der Waals surface area contributed by atoms with Crippen LogP contribution < -0.4 is 19.7 Å². The summed E-state index contributed by atoms with van der Waals surface area (Å²) in [5, 5.41) is 8.13. The van der Waals surface area contributed by atoms with Gasteiger partial charge in [0.25, 0.3) is 0 Å². The average Bonchev–Trinajstić information content (AvgIpc) is 3.43. The molecular formula is C30H39ClN6O3. The van der Waals surface area contributed by atoms with Crippen LogP contribution >= 0.6 is 12.4 Å². The standard InChI is InChI=1S/C30H38N6O3.ClH/c1-21(2)31-9-10-36(25-13-26(37-3)16-27(14-25)38-4)24-5-6-28-29(15-24)34-30(18-32-28)23-17-33-35(20-23)19-22-7-11-39-12-8-22;/h5-6,13-18,20-22,31H,7-12,19H2,1-4H3;1H. The molecule has 10 heteroatoms. The normalized spacial score (nSPS) is 13.8. The topological polar surface area (TPSA) is 86.6 Å². The minimum atomic E-state index is 0. The van der Waals surface area contributed by atoms with E-state index in [4.69, 9.17) is 24.2 Å². The molecule has 1 N–H and O–H groups in total. The van der Waals surface area contributed by atoms with Gasteiger partial charge in [-0.3, -0.25) is 9.67 Å². The van der Waals surface area contributed by atoms with Crippen LogP contribution in [0.5, 0.6) is 11.5 Å². The molecule has 0 spiro atoms. The molecule has 0 unspecified atom stereocenters. The molecule has 5 rings (SSSR count). The van der Waals surface area contributed by atoms with Gasteiger partial charge >= 0.3 is 0 Å². The summed E-state index contributed by atoms with van der Waals surface area (Å²) in [5.74, 6) is 2.08. The number of methoxy groups -OCH3 is 2. The molecule has 9 nitrogen and oxygen atoms in total. The van der Waals surface area contributed by atoms with Crippen molar-refractivity contribution in [3.05, 3.63) is 55.0 Å². The predicted octanol–water partition coefficient (Wildman–Crippen LogP) is 5.50. The molecule has 0 radical (unpaired) electrons. The number of anilines is 2. The third-order valence-corrected chi connectivity index (χ3v) is 7.09. The van der Waals surface area contributed by atoms with Crippen molar-refractivity contribution in [3.8, 4) is 22.8 Å². The van der Waals surface area contributed by atoms with E-state index in [0.29, 0.717) is 12.0 Å². The lowest BCUT2D eigenvalue weighted by molar-refractivity contribution is 0.0601. The zero-order valence-corrected chi connectivity index (χ0v) is 24.5. The molecule has 40 heavy (non-hydrogen) atoms. The molecule has 3 heterocycles. The van der Waals surface area contributed by atoms with E-state index in [1.54, 1.807) is 14.2 Å². The Kier molecular flexibility index (Phi) is 10.2. The van der Waals surface area contributed by atoms with Crippen molar-refractivity contribution in [2.45, 2.75) is 39.3 Å². The molecule has 0 atom stereocenters. The van der Waals surface area contributed by atoms with Crippen molar-refractivity contribution >= 4 is 34.8 Å². The number of nitrogens with one attached hydrogen (secondary N) is 1. The van der Waals surface area contributed by atoms with E-state index in [-0.39, 0.29) is 12.4 Å². The maximum absolute atomic E-state index is 5.55. The van der Waals surface area contributed by atoms with Gasteiger partial charge in [-0.1, -0.05) is 13.8 Å². The molecule has 2 aromatic carbocycles. The summed E-state index contributed by atoms with van der Waals surface area (Å²) in [6.07, 6.45) is 7.94. The Hall–Kier alpha value is -3.40. The largest absolute Gasteiger partial charge is 0.497 e. The van der Waals surface area contributed by atoms with Crippen molar-refractivity contribution in [1.82, 2.24) is 25.1 Å². The highest BCUT2D eigenvalue weighted by Gasteiger charge is 2.17. The van der Waals surface area contributed by atoms with Gasteiger partial charge in [0.15, 0.2) is 0 Å². The minimum absolute atomic E-state index is 0. The molecule has 0 saturated carbocycles. The number of ether oxygens (including phenoxy) is 3. The summed E-state index contributed by atoms with van der Waals surface area (Å²) >= 11 is 0. The van der Waals surface area contributed by atoms with Gasteiger partial charge in [0, 0.05) is 80.2 Å². The molecular weight excluding hydrogens is 528 g/mol. The molecule has 214 valence electrons. The van der Waals surface area contributed by atoms with Crippen molar-refractivity contribution in [2.24, 2.45) is 5.92 Å². The van der Waals surface area contributed by atoms with E-state index in [9.17, 15) is 0 Å². The van der Waals surface area contributed by atoms with E-state index in [0.717, 1.165) is 90.9 Å². The molecule has 1 saturated heterocycles. The predicted molar refractivity (Wildman–Crippen MR) is 161 cm³/mol. The van der Waals surface area contributed by atoms with Gasteiger partial charge in [-0.2, -0.15) is 5.10 Å². The third-order valence-electron chi connectivity index (χ3n) is 7.09. The highest BCUT2D eigenvalue weighted by Crippen LogP contribution is 2.34. The summed E-state index contributed by atoms with van der Waals surface area (Å²) in [7, 11) is 3.34. The van der Waals surface area contributed by atoms with Crippen molar-refractivity contribution in [3.63, 3.8) is 0 Å². The van der Waals surface area contributed by atoms with E-state index in [2.05, 4.69) is 47.5 Å². The molecule has 1 aliphatic rings. The van der Waals surface area contributed by atoms with Gasteiger partial charge in [0.1, 0.15) is 11.5 Å². The van der Waals surface area contributed by atoms with Crippen LogP contribution in [0.3, 0.4) is 0 Å². The number of aromatic nitrogens is 4. The van der Waals surface area contributed by atoms with Crippen molar-refractivity contribution < 1.29 is 14.2 Å². The Labute approximate surface area is 242 Å². The van der Waals surface area contributed by atoms with Crippen LogP contribution in [-0.2, 0) is 11.3 Å². The van der Waals surface area contributed by atoms with Crippen LogP contribution in [0.1, 0.15) is 26.7 Å². The summed E-state index contributed by atoms with van der Waals surface area (Å²) in [6, 6.07) is 12.5. The summed E-state index contributed by atoms with van der Waals surface area (Å²) in [6.45, 7) is 8.45. The first kappa shape index (κ1) is 29.6. The summed E-state index contributed by atoms with van der Waals surface area (Å²) < 4.78 is 18.6. The Morgan fingerprint density at radius 1 is 1.00 bits per heavy atom. The van der Waals surface area contributed by atoms with Crippen molar-refractivity contribution in [2.75, 3.05) is 45.4 Å². The first-order valence-corrected chi connectivity index (χ1v) is 13.6. The smallest absolute Gasteiger partial charge is 0.124 e. The average molecular weight is 567 g/mol. The maximum atomic E-state index is 5.55. The van der Waals surface area contributed by atoms with Gasteiger partial charge in [-0.25, -0.2) is 4.98 Å². The Morgan fingerprint density at radius 2 is 1.75 bits per heavy atom. The van der Waals surface area contributed by atoms with Crippen molar-refractivity contribution in [1.29, 1.82) is 0 Å². The van der Waals surface area contributed by atoms with Gasteiger partial charge < -0.3 is 24.4 Å². The lowest BCUT2D eigenvalue weighted by atomic mass is 10.0. The highest BCUT2D eigenvalue weighted by atomic mass is 35.5. The van der Waals surface area contributed by atoms with Crippen LogP contribution in [-0.4, -0.2) is 66.3 Å². The number of halogens is 1. The molecule has 0 amide bonds. The first-order valence-electron chi connectivity index (χ1n) is 13.6. The maximum Gasteiger partial charge on any atom is 0.124 e. The monoisotopic (exact) mass is 566 g/mol. The molecule has 0 aliphatic carbocycles. The molecule has 1 aliphatic heterocycles. The van der Waals surface area contributed by atoms with E-state index in [1.165, 1.54) is 0 Å². The highest BCUT2D eigenvalue weighted by molar-refractivity contribution is 5.85. The number of hydrogen-bond donors (Lipinski definition) is 1. The Balaban J connectivity index is 0.00000370. The Bertz CT molecular complexity index is 1370. The molecule has 0 bridgehead atoms. The molecule has 2 aromatic heterocycles. The fraction of sp³-hybridized carbons (Fsp3) is 0.433. The zero-order chi connectivity index (χ0) is 27.2. The van der Waals surface area contributed by atoms with Crippen LogP contribution in [0.2, 0.25) is 0 Å². The second-order valence-electron chi connectivity index (χ2n) is 10.3. The van der Waals surface area contributed by atoms with Gasteiger partial charge in [-0.05, 0) is 37.0 Å². The van der Waals surface area contributed by atoms with Gasteiger partial charge in [-0.15, -0.1) is 12.4 Å². The minimum Gasteiger partial charge on any atom is -0.497 e. The van der Waals surface area contributed by atoms with E-state index < -0.39 is 0 Å². The van der Waals surface area contributed by atoms with E-state index >= 15 is 0 Å². The number of rotatable bonds is 11. The fourth-order valence-corrected chi connectivity index (χ4v) is 4.92. The van der Waals surface area contributed by atoms with Gasteiger partial charge in [0.05, 0.1) is 43.3 Å². The number of benzene rings is 2. The van der Waals surface area contributed by atoms with Crippen LogP contribution in [0, 0.1) is 5.92 Å². The second kappa shape index (κ2) is 13.8. The summed E-state index contributed by atoms with van der Waals surface area (Å²) in [5.41, 5.74) is 5.46. The molecule has 1 fully saturated rings. The quantitative estimate of drug-likeness (QED) is 0.255. The summed E-state index contributed by atoms with van der Waals surface area (Å²) in [4.78, 5) is 11.9. The SMILES string of the molecule is COc1cc(OC)cc(N(CCNC(C)C)c2ccc3ncc(-c4cnn(CC5CCOCC5)c4)nc3c2)c1.Cl. The first-order chi connectivity index (χ1) is 19.0. The molecule has 4 aromatic rings. The second-order valence-corrected chi connectivity index (χ2v) is 10.3. The Morgan fingerprint density at radius 3 is 2.45 bits per heavy atom. The number of fused-ring (bicyclic) bond motifs is 1.